The van der Waals surface area contributed by atoms with Crippen molar-refractivity contribution in [3.05, 3.63) is 35.4 Å². The maximum absolute atomic E-state index is 11.6. The van der Waals surface area contributed by atoms with E-state index in [1.165, 1.54) is 6.08 Å². The number of hydrogen-bond acceptors (Lipinski definition) is 7. The summed E-state index contributed by atoms with van der Waals surface area (Å²) < 4.78 is 10.4. The van der Waals surface area contributed by atoms with E-state index >= 15 is 0 Å². The number of hydrogen-bond donors (Lipinski definition) is 2. The Labute approximate surface area is 141 Å². The molecule has 0 saturated heterocycles. The van der Waals surface area contributed by atoms with E-state index in [-0.39, 0.29) is 18.6 Å². The van der Waals surface area contributed by atoms with Crippen LogP contribution >= 0.6 is 0 Å². The monoisotopic (exact) mass is 339 g/mol. The second kappa shape index (κ2) is 10.8. The molecule has 7 heteroatoms. The van der Waals surface area contributed by atoms with Crippen LogP contribution < -0.4 is 4.74 Å². The van der Waals surface area contributed by atoms with Crippen molar-refractivity contribution in [3.63, 3.8) is 0 Å². The van der Waals surface area contributed by atoms with Crippen LogP contribution in [0.4, 0.5) is 0 Å². The SMILES string of the molecule is COc1cc(/C=C/C(=O)OCCCCON(O)O)ccc1C(C)C. The Kier molecular flexibility index (Phi) is 9.03. The first-order valence-electron chi connectivity index (χ1n) is 7.77. The standard InChI is InChI=1S/C17H25NO6/c1-13(2)15-8-6-14(12-16(15)22-3)7-9-17(19)23-10-4-5-11-24-18(20)21/h6-9,12-13,20-21H,4-5,10-11H2,1-3H3/b9-7+. The van der Waals surface area contributed by atoms with Gasteiger partial charge in [-0.15, -0.1) is 0 Å². The van der Waals surface area contributed by atoms with Crippen LogP contribution in [0.3, 0.4) is 0 Å². The van der Waals surface area contributed by atoms with Gasteiger partial charge < -0.3 is 9.47 Å². The van der Waals surface area contributed by atoms with Crippen molar-refractivity contribution in [1.29, 1.82) is 0 Å². The highest BCUT2D eigenvalue weighted by molar-refractivity contribution is 5.87. The van der Waals surface area contributed by atoms with Crippen LogP contribution in [0.2, 0.25) is 0 Å². The summed E-state index contributed by atoms with van der Waals surface area (Å²) in [4.78, 5) is 16.0. The molecule has 0 heterocycles. The first-order valence-corrected chi connectivity index (χ1v) is 7.77. The maximum atomic E-state index is 11.6. The number of benzene rings is 1. The minimum Gasteiger partial charge on any atom is -0.496 e. The Morgan fingerprint density at radius 2 is 1.96 bits per heavy atom. The molecular weight excluding hydrogens is 314 g/mol. The van der Waals surface area contributed by atoms with Crippen molar-refractivity contribution in [2.45, 2.75) is 32.6 Å². The molecule has 0 unspecified atom stereocenters. The number of carbonyl (C=O) groups is 1. The minimum absolute atomic E-state index is 0.127. The van der Waals surface area contributed by atoms with Gasteiger partial charge in [0.25, 0.3) is 0 Å². The smallest absolute Gasteiger partial charge is 0.330 e. The third kappa shape index (κ3) is 7.56. The molecule has 0 radical (unpaired) electrons. The van der Waals surface area contributed by atoms with E-state index in [0.717, 1.165) is 16.9 Å². The molecule has 0 aliphatic heterocycles. The van der Waals surface area contributed by atoms with Crippen molar-refractivity contribution in [3.8, 4) is 5.75 Å². The van der Waals surface area contributed by atoms with E-state index in [2.05, 4.69) is 18.7 Å². The largest absolute Gasteiger partial charge is 0.496 e. The Balaban J connectivity index is 2.41. The van der Waals surface area contributed by atoms with Crippen LogP contribution in [0.25, 0.3) is 6.08 Å². The molecule has 0 aliphatic carbocycles. The highest BCUT2D eigenvalue weighted by Gasteiger charge is 2.07. The summed E-state index contributed by atoms with van der Waals surface area (Å²) in [5.74, 6) is 0.715. The van der Waals surface area contributed by atoms with Crippen LogP contribution in [0, 0.1) is 0 Å². The Morgan fingerprint density at radius 3 is 2.58 bits per heavy atom. The van der Waals surface area contributed by atoms with E-state index in [9.17, 15) is 4.79 Å². The van der Waals surface area contributed by atoms with Crippen molar-refractivity contribution in [2.75, 3.05) is 20.3 Å². The van der Waals surface area contributed by atoms with E-state index in [1.54, 1.807) is 13.2 Å². The fourth-order valence-corrected chi connectivity index (χ4v) is 2.04. The van der Waals surface area contributed by atoms with Crippen molar-refractivity contribution >= 4 is 12.0 Å². The average molecular weight is 339 g/mol. The fourth-order valence-electron chi connectivity index (χ4n) is 2.04. The van der Waals surface area contributed by atoms with E-state index in [0.29, 0.717) is 18.8 Å². The Hall–Kier alpha value is -1.93. The summed E-state index contributed by atoms with van der Waals surface area (Å²) in [6.07, 6.45) is 4.13. The van der Waals surface area contributed by atoms with Gasteiger partial charge in [-0.25, -0.2) is 4.79 Å². The van der Waals surface area contributed by atoms with Crippen LogP contribution in [-0.4, -0.2) is 42.1 Å². The molecule has 24 heavy (non-hydrogen) atoms. The zero-order valence-corrected chi connectivity index (χ0v) is 14.3. The van der Waals surface area contributed by atoms with Gasteiger partial charge in [-0.2, -0.15) is 0 Å². The molecule has 134 valence electrons. The van der Waals surface area contributed by atoms with Gasteiger partial charge in [0.15, 0.2) is 0 Å². The molecule has 0 atom stereocenters. The highest BCUT2D eigenvalue weighted by Crippen LogP contribution is 2.27. The van der Waals surface area contributed by atoms with Gasteiger partial charge in [0.05, 0.1) is 25.7 Å². The number of rotatable bonds is 10. The third-order valence-electron chi connectivity index (χ3n) is 3.28. The van der Waals surface area contributed by atoms with Gasteiger partial charge in [-0.05, 0) is 42.0 Å². The number of ether oxygens (including phenoxy) is 2. The van der Waals surface area contributed by atoms with Gasteiger partial charge in [0, 0.05) is 6.08 Å². The molecule has 0 bridgehead atoms. The fraction of sp³-hybridized carbons (Fsp3) is 0.471. The number of unbranched alkanes of at least 4 members (excludes halogenated alkanes) is 1. The van der Waals surface area contributed by atoms with E-state index in [1.807, 2.05) is 18.2 Å². The van der Waals surface area contributed by atoms with Gasteiger partial charge in [0.2, 0.25) is 0 Å². The number of nitrogens with zero attached hydrogens (tertiary/aromatic N) is 1. The number of carbonyl (C=O) groups excluding carboxylic acids is 1. The molecule has 0 saturated carbocycles. The summed E-state index contributed by atoms with van der Waals surface area (Å²) in [5.41, 5.74) is 1.97. The topological polar surface area (TPSA) is 88.5 Å². The quantitative estimate of drug-likeness (QED) is 0.293. The van der Waals surface area contributed by atoms with Crippen LogP contribution in [-0.2, 0) is 14.4 Å². The lowest BCUT2D eigenvalue weighted by atomic mass is 10.00. The Bertz CT molecular complexity index is 542. The highest BCUT2D eigenvalue weighted by atomic mass is 17.1. The molecule has 1 aromatic rings. The first-order chi connectivity index (χ1) is 11.4. The number of esters is 1. The number of methoxy groups -OCH3 is 1. The zero-order chi connectivity index (χ0) is 17.9. The predicted octanol–water partition coefficient (Wildman–Crippen LogP) is 3.17. The summed E-state index contributed by atoms with van der Waals surface area (Å²) in [6.45, 7) is 4.55. The van der Waals surface area contributed by atoms with Crippen molar-refractivity contribution < 1.29 is 29.5 Å². The summed E-state index contributed by atoms with van der Waals surface area (Å²) in [6, 6.07) is 5.79. The third-order valence-corrected chi connectivity index (χ3v) is 3.28. The summed E-state index contributed by atoms with van der Waals surface area (Å²) in [7, 11) is 1.62. The second-order valence-electron chi connectivity index (χ2n) is 5.45. The van der Waals surface area contributed by atoms with Crippen LogP contribution in [0.5, 0.6) is 5.75 Å². The lowest BCUT2D eigenvalue weighted by molar-refractivity contribution is -0.492. The summed E-state index contributed by atoms with van der Waals surface area (Å²) >= 11 is 0. The molecule has 0 amide bonds. The molecule has 0 fully saturated rings. The van der Waals surface area contributed by atoms with Gasteiger partial charge >= 0.3 is 5.97 Å². The van der Waals surface area contributed by atoms with Crippen molar-refractivity contribution in [1.82, 2.24) is 5.39 Å². The average Bonchev–Trinajstić information content (AvgIpc) is 2.55. The second-order valence-corrected chi connectivity index (χ2v) is 5.45. The van der Waals surface area contributed by atoms with Gasteiger partial charge in [-0.3, -0.25) is 15.3 Å². The van der Waals surface area contributed by atoms with Gasteiger partial charge in [0.1, 0.15) is 5.75 Å². The lowest BCUT2D eigenvalue weighted by Crippen LogP contribution is -2.15. The Morgan fingerprint density at radius 1 is 1.25 bits per heavy atom. The molecule has 0 spiro atoms. The van der Waals surface area contributed by atoms with Crippen LogP contribution in [0.15, 0.2) is 24.3 Å². The molecule has 0 aliphatic rings. The first kappa shape index (κ1) is 20.1. The van der Waals surface area contributed by atoms with Crippen LogP contribution in [0.1, 0.15) is 43.7 Å². The lowest BCUT2D eigenvalue weighted by Gasteiger charge is -2.12. The van der Waals surface area contributed by atoms with Gasteiger partial charge in [-0.1, -0.05) is 26.0 Å². The minimum atomic E-state index is -0.436. The molecule has 0 aromatic heterocycles. The summed E-state index contributed by atoms with van der Waals surface area (Å²) in [5, 5.41) is 16.3. The molecular formula is C17H25NO6. The molecule has 7 nitrogen and oxygen atoms in total. The van der Waals surface area contributed by atoms with E-state index in [4.69, 9.17) is 19.9 Å². The molecule has 1 rings (SSSR count). The predicted molar refractivity (Wildman–Crippen MR) is 87.7 cm³/mol. The molecule has 1 aromatic carbocycles. The maximum Gasteiger partial charge on any atom is 0.330 e. The normalized spacial score (nSPS) is 11.5. The van der Waals surface area contributed by atoms with E-state index < -0.39 is 5.97 Å². The zero-order valence-electron chi connectivity index (χ0n) is 14.3. The molecule has 2 N–H and O–H groups in total. The van der Waals surface area contributed by atoms with Crippen molar-refractivity contribution in [2.24, 2.45) is 0 Å².